The molecule has 0 aromatic carbocycles. The lowest BCUT2D eigenvalue weighted by Crippen LogP contribution is -2.34. The van der Waals surface area contributed by atoms with Crippen LogP contribution < -0.4 is 0 Å². The Hall–Kier alpha value is 0.970. The van der Waals surface area contributed by atoms with E-state index in [9.17, 15) is 9.59 Å². The van der Waals surface area contributed by atoms with E-state index in [1.165, 1.54) is 0 Å². The van der Waals surface area contributed by atoms with E-state index in [4.69, 9.17) is 81.2 Å². The van der Waals surface area contributed by atoms with E-state index >= 15 is 0 Å². The van der Waals surface area contributed by atoms with Crippen molar-refractivity contribution >= 4 is 93.1 Å². The lowest BCUT2D eigenvalue weighted by atomic mass is 10.4. The van der Waals surface area contributed by atoms with Crippen LogP contribution in [0.4, 0.5) is 0 Å². The van der Waals surface area contributed by atoms with Crippen LogP contribution in [0.1, 0.15) is 0 Å². The lowest BCUT2D eigenvalue weighted by molar-refractivity contribution is -0.156. The van der Waals surface area contributed by atoms with Gasteiger partial charge in [0.1, 0.15) is 12.7 Å². The van der Waals surface area contributed by atoms with E-state index in [1.807, 2.05) is 0 Å². The third-order valence-electron chi connectivity index (χ3n) is 1.31. The highest BCUT2D eigenvalue weighted by atomic mass is 35.6. The highest BCUT2D eigenvalue weighted by Gasteiger charge is 2.36. The molecule has 18 heavy (non-hydrogen) atoms. The minimum Gasteiger partial charge on any atom is -0.459 e. The minimum absolute atomic E-state index is 0.209. The Bertz CT molecular complexity index is 308. The molecule has 0 aromatic heterocycles. The Kier molecular flexibility index (Phi) is 8.09. The topological polar surface area (TPSA) is 52.6 Å². The molecule has 1 atom stereocenters. The van der Waals surface area contributed by atoms with Crippen LogP contribution in [-0.2, 0) is 19.1 Å². The van der Waals surface area contributed by atoms with Crippen LogP contribution in [0, 0.1) is 0 Å². The van der Waals surface area contributed by atoms with Gasteiger partial charge >= 0.3 is 11.9 Å². The Labute approximate surface area is 138 Å². The fourth-order valence-electron chi connectivity index (χ4n) is 0.579. The molecule has 0 aliphatic heterocycles. The van der Waals surface area contributed by atoms with E-state index in [0.29, 0.717) is 0 Å². The van der Waals surface area contributed by atoms with Crippen LogP contribution in [0.25, 0.3) is 0 Å². The second-order valence-corrected chi connectivity index (χ2v) is 7.65. The molecule has 0 saturated carbocycles. The van der Waals surface area contributed by atoms with Crippen molar-refractivity contribution < 1.29 is 19.1 Å². The van der Waals surface area contributed by atoms with Crippen molar-refractivity contribution in [2.75, 3.05) is 12.5 Å². The number of esters is 2. The maximum absolute atomic E-state index is 11.2. The Balaban J connectivity index is 4.30. The smallest absolute Gasteiger partial charge is 0.358 e. The molecule has 0 aliphatic rings. The molecule has 0 aromatic rings. The molecule has 0 unspecified atom stereocenters. The van der Waals surface area contributed by atoms with E-state index < -0.39 is 32.2 Å². The number of ether oxygens (including phenoxy) is 2. The molecule has 0 heterocycles. The molecular weight excluding hydrogens is 396 g/mol. The molecule has 0 saturated heterocycles. The summed E-state index contributed by atoms with van der Waals surface area (Å²) in [6, 6.07) is 0. The van der Waals surface area contributed by atoms with Gasteiger partial charge in [0.25, 0.3) is 7.59 Å². The molecule has 0 N–H and O–H groups in total. The largest absolute Gasteiger partial charge is 0.459 e. The summed E-state index contributed by atoms with van der Waals surface area (Å²) in [4.78, 5) is 22.3. The van der Waals surface area contributed by atoms with Gasteiger partial charge in [0.2, 0.25) is 0 Å². The van der Waals surface area contributed by atoms with Gasteiger partial charge in [-0.25, -0.2) is 9.59 Å². The number of rotatable bonds is 4. The van der Waals surface area contributed by atoms with E-state index in [0.717, 1.165) is 0 Å². The molecule has 4 nitrogen and oxygen atoms in total. The van der Waals surface area contributed by atoms with Crippen molar-refractivity contribution in [3.05, 3.63) is 0 Å². The van der Waals surface area contributed by atoms with Crippen molar-refractivity contribution in [2.24, 2.45) is 0 Å². The fraction of sp³-hybridized carbons (Fsp3) is 0.714. The summed E-state index contributed by atoms with van der Waals surface area (Å²) in [5.41, 5.74) is 0. The Morgan fingerprint density at radius 2 is 1.39 bits per heavy atom. The van der Waals surface area contributed by atoms with Gasteiger partial charge in [-0.3, -0.25) is 0 Å². The van der Waals surface area contributed by atoms with Gasteiger partial charge in [-0.15, -0.1) is 11.6 Å². The van der Waals surface area contributed by atoms with Gasteiger partial charge in [0.15, 0.2) is 0 Å². The number of alkyl halides is 7. The summed E-state index contributed by atoms with van der Waals surface area (Å²) in [7, 11) is 0. The monoisotopic (exact) mass is 398 g/mol. The van der Waals surface area contributed by atoms with Crippen molar-refractivity contribution in [3.63, 3.8) is 0 Å². The van der Waals surface area contributed by atoms with Crippen LogP contribution in [-0.4, -0.2) is 38.1 Å². The maximum Gasteiger partial charge on any atom is 0.358 e. The average molecular weight is 401 g/mol. The first-order chi connectivity index (χ1) is 7.98. The summed E-state index contributed by atoms with van der Waals surface area (Å²) >= 11 is 37.0. The molecular formula is C7H5Cl7O4. The molecule has 0 amide bonds. The van der Waals surface area contributed by atoms with Gasteiger partial charge in [-0.1, -0.05) is 69.6 Å². The summed E-state index contributed by atoms with van der Waals surface area (Å²) in [6.07, 6.45) is -1.04. The van der Waals surface area contributed by atoms with Gasteiger partial charge in [-0.05, 0) is 0 Å². The van der Waals surface area contributed by atoms with E-state index in [1.54, 1.807) is 0 Å². The average Bonchev–Trinajstić information content (AvgIpc) is 2.20. The maximum atomic E-state index is 11.2. The third kappa shape index (κ3) is 7.53. The zero-order chi connectivity index (χ0) is 14.6. The number of hydrogen-bond acceptors (Lipinski definition) is 4. The molecule has 0 bridgehead atoms. The number of hydrogen-bond donors (Lipinski definition) is 0. The van der Waals surface area contributed by atoms with Crippen molar-refractivity contribution in [1.29, 1.82) is 0 Å². The Morgan fingerprint density at radius 3 is 1.72 bits per heavy atom. The number of carbonyl (C=O) groups excluding carboxylic acids is 2. The molecule has 0 radical (unpaired) electrons. The predicted octanol–water partition coefficient (Wildman–Crippen LogP) is 3.42. The number of halogens is 7. The highest BCUT2D eigenvalue weighted by Crippen LogP contribution is 2.29. The zero-order valence-electron chi connectivity index (χ0n) is 8.27. The molecule has 0 rings (SSSR count). The van der Waals surface area contributed by atoms with Crippen molar-refractivity contribution in [3.8, 4) is 0 Å². The van der Waals surface area contributed by atoms with Gasteiger partial charge in [0.05, 0.1) is 5.88 Å². The molecule has 11 heteroatoms. The van der Waals surface area contributed by atoms with Crippen LogP contribution >= 0.6 is 81.2 Å². The SMILES string of the molecule is O=C(OC[C@@H](CCl)OC(=O)C(Cl)(Cl)Cl)C(Cl)(Cl)Cl. The first-order valence-electron chi connectivity index (χ1n) is 4.06. The first-order valence-corrected chi connectivity index (χ1v) is 6.86. The second kappa shape index (κ2) is 7.67. The summed E-state index contributed by atoms with van der Waals surface area (Å²) in [5, 5.41) is 0. The molecule has 0 fully saturated rings. The standard InChI is InChI=1S/C7H5Cl7O4/c8-1-3(18-5(16)7(12,13)14)2-17-4(15)6(9,10)11/h3H,1-2H2/t3-/m1/s1. The quantitative estimate of drug-likeness (QED) is 0.535. The van der Waals surface area contributed by atoms with E-state index in [2.05, 4.69) is 9.47 Å². The zero-order valence-corrected chi connectivity index (χ0v) is 13.6. The lowest BCUT2D eigenvalue weighted by Gasteiger charge is -2.19. The summed E-state index contributed by atoms with van der Waals surface area (Å²) < 4.78 is 4.70. The van der Waals surface area contributed by atoms with Gasteiger partial charge in [0, 0.05) is 0 Å². The normalized spacial score (nSPS) is 13.9. The van der Waals surface area contributed by atoms with Crippen LogP contribution in [0.3, 0.4) is 0 Å². The van der Waals surface area contributed by atoms with Crippen LogP contribution in [0.2, 0.25) is 0 Å². The van der Waals surface area contributed by atoms with Crippen LogP contribution in [0.15, 0.2) is 0 Å². The predicted molar refractivity (Wildman–Crippen MR) is 72.1 cm³/mol. The molecule has 106 valence electrons. The van der Waals surface area contributed by atoms with Crippen molar-refractivity contribution in [2.45, 2.75) is 13.7 Å². The summed E-state index contributed by atoms with van der Waals surface area (Å²) in [6.45, 7) is -0.442. The molecule has 0 spiro atoms. The first kappa shape index (κ1) is 19.0. The second-order valence-electron chi connectivity index (χ2n) is 2.78. The number of carbonyl (C=O) groups is 2. The highest BCUT2D eigenvalue weighted by molar-refractivity contribution is 6.76. The minimum atomic E-state index is -2.26. The molecule has 0 aliphatic carbocycles. The van der Waals surface area contributed by atoms with Gasteiger partial charge < -0.3 is 9.47 Å². The van der Waals surface area contributed by atoms with Crippen LogP contribution in [0.5, 0.6) is 0 Å². The van der Waals surface area contributed by atoms with Gasteiger partial charge in [-0.2, -0.15) is 0 Å². The van der Waals surface area contributed by atoms with Crippen molar-refractivity contribution in [1.82, 2.24) is 0 Å². The third-order valence-corrected chi connectivity index (χ3v) is 2.58. The summed E-state index contributed by atoms with van der Waals surface area (Å²) in [5.74, 6) is -2.52. The Morgan fingerprint density at radius 1 is 0.944 bits per heavy atom. The van der Waals surface area contributed by atoms with E-state index in [-0.39, 0.29) is 5.88 Å². The fourth-order valence-corrected chi connectivity index (χ4v) is 1.03.